The number of pyridine rings is 1. The van der Waals surface area contributed by atoms with Crippen molar-refractivity contribution in [3.63, 3.8) is 0 Å². The van der Waals surface area contributed by atoms with E-state index in [-0.39, 0.29) is 12.1 Å². The topological polar surface area (TPSA) is 100 Å². The van der Waals surface area contributed by atoms with Crippen LogP contribution in [0, 0.1) is 0 Å². The van der Waals surface area contributed by atoms with E-state index >= 15 is 0 Å². The lowest BCUT2D eigenvalue weighted by molar-refractivity contribution is 0.0600. The van der Waals surface area contributed by atoms with Crippen LogP contribution in [0.25, 0.3) is 0 Å². The van der Waals surface area contributed by atoms with Crippen LogP contribution in [-0.4, -0.2) is 45.5 Å². The van der Waals surface area contributed by atoms with Crippen molar-refractivity contribution in [3.05, 3.63) is 77.6 Å². The van der Waals surface area contributed by atoms with Crippen molar-refractivity contribution >= 4 is 17.7 Å². The molecular formula is C20H19N5O3. The second kappa shape index (κ2) is 7.51. The van der Waals surface area contributed by atoms with Crippen molar-refractivity contribution < 1.29 is 14.3 Å². The number of urea groups is 1. The quantitative estimate of drug-likeness (QED) is 0.684. The first-order chi connectivity index (χ1) is 13.7. The van der Waals surface area contributed by atoms with E-state index < -0.39 is 5.97 Å². The third kappa shape index (κ3) is 3.32. The minimum atomic E-state index is -0.420. The molecule has 3 aromatic rings. The Labute approximate surface area is 161 Å². The largest absolute Gasteiger partial charge is 0.465 e. The number of hydrogen-bond acceptors (Lipinski definition) is 5. The number of amides is 2. The average molecular weight is 377 g/mol. The standard InChI is InChI=1S/C20H19N5O3/c1-28-19(26)13-4-6-15(7-5-13)24-20(27)25-10-8-16-17(23-12-22-16)18(25)14-3-2-9-21-11-14/h2-7,9,11-12,18H,8,10H2,1H3,(H,22,23)(H,24,27)/t18-/m1/s1. The van der Waals surface area contributed by atoms with Crippen LogP contribution in [0.3, 0.4) is 0 Å². The Hall–Kier alpha value is -3.68. The van der Waals surface area contributed by atoms with Crippen molar-refractivity contribution in [2.75, 3.05) is 19.0 Å². The highest BCUT2D eigenvalue weighted by Gasteiger charge is 2.34. The van der Waals surface area contributed by atoms with Crippen molar-refractivity contribution in [2.45, 2.75) is 12.5 Å². The lowest BCUT2D eigenvalue weighted by atomic mass is 9.97. The summed E-state index contributed by atoms with van der Waals surface area (Å²) in [6.45, 7) is 0.542. The Balaban J connectivity index is 1.58. The number of aromatic nitrogens is 3. The number of aromatic amines is 1. The number of hydrogen-bond donors (Lipinski definition) is 2. The molecule has 0 unspecified atom stereocenters. The molecular weight excluding hydrogens is 358 g/mol. The number of rotatable bonds is 3. The zero-order chi connectivity index (χ0) is 19.5. The van der Waals surface area contributed by atoms with E-state index in [0.717, 1.165) is 17.0 Å². The Kier molecular flexibility index (Phi) is 4.76. The van der Waals surface area contributed by atoms with Crippen LogP contribution in [0.15, 0.2) is 55.1 Å². The van der Waals surface area contributed by atoms with Crippen molar-refractivity contribution in [1.29, 1.82) is 0 Å². The lowest BCUT2D eigenvalue weighted by Crippen LogP contribution is -2.43. The Bertz CT molecular complexity index is 985. The Morgan fingerprint density at radius 3 is 2.79 bits per heavy atom. The molecule has 1 aliphatic heterocycles. The summed E-state index contributed by atoms with van der Waals surface area (Å²) in [6, 6.07) is 9.79. The van der Waals surface area contributed by atoms with Crippen molar-refractivity contribution in [3.8, 4) is 0 Å². The van der Waals surface area contributed by atoms with E-state index in [4.69, 9.17) is 4.74 Å². The number of fused-ring (bicyclic) bond motifs is 1. The number of carbonyl (C=O) groups is 2. The third-order valence-corrected chi connectivity index (χ3v) is 4.74. The lowest BCUT2D eigenvalue weighted by Gasteiger charge is -2.35. The van der Waals surface area contributed by atoms with E-state index in [0.29, 0.717) is 24.2 Å². The molecule has 0 radical (unpaired) electrons. The Morgan fingerprint density at radius 2 is 2.07 bits per heavy atom. The van der Waals surface area contributed by atoms with Gasteiger partial charge in [-0.15, -0.1) is 0 Å². The molecule has 142 valence electrons. The summed E-state index contributed by atoms with van der Waals surface area (Å²) in [7, 11) is 1.33. The van der Waals surface area contributed by atoms with Crippen LogP contribution in [-0.2, 0) is 11.2 Å². The van der Waals surface area contributed by atoms with E-state index in [9.17, 15) is 9.59 Å². The number of esters is 1. The first kappa shape index (κ1) is 17.7. The predicted octanol–water partition coefficient (Wildman–Crippen LogP) is 2.77. The van der Waals surface area contributed by atoms with Crippen molar-refractivity contribution in [2.24, 2.45) is 0 Å². The monoisotopic (exact) mass is 377 g/mol. The van der Waals surface area contributed by atoms with Gasteiger partial charge in [0.15, 0.2) is 0 Å². The number of H-pyrrole nitrogens is 1. The van der Waals surface area contributed by atoms with Gasteiger partial charge in [0.1, 0.15) is 6.04 Å². The fourth-order valence-corrected chi connectivity index (χ4v) is 3.37. The number of anilines is 1. The van der Waals surface area contributed by atoms with Gasteiger partial charge in [-0.25, -0.2) is 14.6 Å². The molecule has 0 saturated carbocycles. The van der Waals surface area contributed by atoms with Gasteiger partial charge >= 0.3 is 12.0 Å². The van der Waals surface area contributed by atoms with Crippen molar-refractivity contribution in [1.82, 2.24) is 19.9 Å². The molecule has 1 aliphatic rings. The normalized spacial score (nSPS) is 15.6. The minimum absolute atomic E-state index is 0.242. The Morgan fingerprint density at radius 1 is 1.25 bits per heavy atom. The zero-order valence-corrected chi connectivity index (χ0v) is 15.3. The first-order valence-corrected chi connectivity index (χ1v) is 8.85. The molecule has 3 heterocycles. The maximum absolute atomic E-state index is 13.0. The van der Waals surface area contributed by atoms with Gasteiger partial charge in [-0.3, -0.25) is 4.98 Å². The summed E-state index contributed by atoms with van der Waals surface area (Å²) in [5.41, 5.74) is 3.77. The second-order valence-corrected chi connectivity index (χ2v) is 6.40. The fourth-order valence-electron chi connectivity index (χ4n) is 3.37. The number of ether oxygens (including phenoxy) is 1. The van der Waals surface area contributed by atoms with Crippen LogP contribution < -0.4 is 5.32 Å². The van der Waals surface area contributed by atoms with E-state index in [1.54, 1.807) is 47.9 Å². The maximum atomic E-state index is 13.0. The number of methoxy groups -OCH3 is 1. The zero-order valence-electron chi connectivity index (χ0n) is 15.3. The fraction of sp³-hybridized carbons (Fsp3) is 0.200. The van der Waals surface area contributed by atoms with Crippen LogP contribution >= 0.6 is 0 Å². The van der Waals surface area contributed by atoms with Gasteiger partial charge in [0.2, 0.25) is 0 Å². The highest BCUT2D eigenvalue weighted by molar-refractivity contribution is 5.92. The molecule has 4 rings (SSSR count). The number of nitrogens with zero attached hydrogens (tertiary/aromatic N) is 3. The van der Waals surface area contributed by atoms with Crippen LogP contribution in [0.2, 0.25) is 0 Å². The summed E-state index contributed by atoms with van der Waals surface area (Å²) in [6.07, 6.45) is 5.80. The molecule has 8 nitrogen and oxygen atoms in total. The second-order valence-electron chi connectivity index (χ2n) is 6.40. The molecule has 8 heteroatoms. The van der Waals surface area contributed by atoms with E-state index in [1.807, 2.05) is 12.1 Å². The highest BCUT2D eigenvalue weighted by Crippen LogP contribution is 2.33. The predicted molar refractivity (Wildman–Crippen MR) is 102 cm³/mol. The summed E-state index contributed by atoms with van der Waals surface area (Å²) in [5.74, 6) is -0.420. The molecule has 0 bridgehead atoms. The van der Waals surface area contributed by atoms with Gasteiger partial charge in [-0.05, 0) is 35.9 Å². The molecule has 1 aromatic carbocycles. The molecule has 0 fully saturated rings. The van der Waals surface area contributed by atoms with E-state index in [2.05, 4.69) is 20.3 Å². The summed E-state index contributed by atoms with van der Waals surface area (Å²) in [5, 5.41) is 2.90. The first-order valence-electron chi connectivity index (χ1n) is 8.85. The molecule has 2 amide bonds. The van der Waals surface area contributed by atoms with Gasteiger partial charge in [-0.2, -0.15) is 0 Å². The van der Waals surface area contributed by atoms with Gasteiger partial charge < -0.3 is 19.9 Å². The van der Waals surface area contributed by atoms with Gasteiger partial charge in [0, 0.05) is 36.7 Å². The number of benzene rings is 1. The highest BCUT2D eigenvalue weighted by atomic mass is 16.5. The molecule has 28 heavy (non-hydrogen) atoms. The smallest absolute Gasteiger partial charge is 0.337 e. The molecule has 0 aliphatic carbocycles. The summed E-state index contributed by atoms with van der Waals surface area (Å²) in [4.78, 5) is 38.1. The van der Waals surface area contributed by atoms with Gasteiger partial charge in [0.05, 0.1) is 24.7 Å². The van der Waals surface area contributed by atoms with Gasteiger partial charge in [-0.1, -0.05) is 6.07 Å². The van der Waals surface area contributed by atoms with E-state index in [1.165, 1.54) is 7.11 Å². The average Bonchev–Trinajstić information content (AvgIpc) is 3.22. The van der Waals surface area contributed by atoms with Crippen LogP contribution in [0.5, 0.6) is 0 Å². The van der Waals surface area contributed by atoms with Crippen LogP contribution in [0.1, 0.15) is 33.4 Å². The maximum Gasteiger partial charge on any atom is 0.337 e. The molecule has 1 atom stereocenters. The number of carbonyl (C=O) groups excluding carboxylic acids is 2. The number of nitrogens with one attached hydrogen (secondary N) is 2. The van der Waals surface area contributed by atoms with Gasteiger partial charge in [0.25, 0.3) is 0 Å². The SMILES string of the molecule is COC(=O)c1ccc(NC(=O)N2CCc3[nH]cnc3[C@H]2c2cccnc2)cc1. The minimum Gasteiger partial charge on any atom is -0.465 e. The third-order valence-electron chi connectivity index (χ3n) is 4.74. The molecule has 2 aromatic heterocycles. The summed E-state index contributed by atoms with van der Waals surface area (Å²) >= 11 is 0. The molecule has 0 spiro atoms. The molecule has 0 saturated heterocycles. The van der Waals surface area contributed by atoms with Crippen LogP contribution in [0.4, 0.5) is 10.5 Å². The number of imidazole rings is 1. The summed E-state index contributed by atoms with van der Waals surface area (Å²) < 4.78 is 4.69. The molecule has 2 N–H and O–H groups in total.